The molecule has 2 aliphatic heterocycles. The van der Waals surface area contributed by atoms with E-state index in [4.69, 9.17) is 9.57 Å². The van der Waals surface area contributed by atoms with Crippen LogP contribution in [0.4, 0.5) is 0 Å². The highest BCUT2D eigenvalue weighted by Crippen LogP contribution is 2.64. The first kappa shape index (κ1) is 18.8. The van der Waals surface area contributed by atoms with Gasteiger partial charge in [0.2, 0.25) is 0 Å². The van der Waals surface area contributed by atoms with Crippen molar-refractivity contribution in [1.29, 1.82) is 0 Å². The van der Waals surface area contributed by atoms with Crippen molar-refractivity contribution in [2.75, 3.05) is 13.1 Å². The number of aromatic hydroxyl groups is 2. The van der Waals surface area contributed by atoms with Crippen LogP contribution >= 0.6 is 0 Å². The number of likely N-dealkylation sites (tertiary alicyclic amines) is 1. The van der Waals surface area contributed by atoms with Gasteiger partial charge in [-0.15, -0.1) is 6.58 Å². The minimum absolute atomic E-state index is 0.00840. The van der Waals surface area contributed by atoms with Crippen LogP contribution in [0.2, 0.25) is 0 Å². The van der Waals surface area contributed by atoms with Crippen LogP contribution in [0, 0.1) is 5.92 Å². The molecule has 2 fully saturated rings. The number of piperidine rings is 1. The molecule has 4 aliphatic rings. The van der Waals surface area contributed by atoms with Gasteiger partial charge in [-0.1, -0.05) is 29.4 Å². The number of phenolic OH excluding ortho intramolecular Hbond substituents is 2. The quantitative estimate of drug-likeness (QED) is 0.584. The van der Waals surface area contributed by atoms with Crippen LogP contribution in [-0.4, -0.2) is 46.1 Å². The predicted octanol–water partition coefficient (Wildman–Crippen LogP) is 3.76. The van der Waals surface area contributed by atoms with Gasteiger partial charge in [-0.2, -0.15) is 0 Å². The van der Waals surface area contributed by atoms with Crippen molar-refractivity contribution in [3.63, 3.8) is 0 Å². The summed E-state index contributed by atoms with van der Waals surface area (Å²) >= 11 is 0. The molecule has 1 spiro atoms. The maximum Gasteiger partial charge on any atom is 0.166 e. The Labute approximate surface area is 181 Å². The first-order valence-corrected chi connectivity index (χ1v) is 11.0. The Kier molecular flexibility index (Phi) is 4.09. The SMILES string of the molecule is C=CCN1CC[C@]23c4c5c(O)cc(O)c4O[C@H]2C(=NOc2ccccc2)CC[C@H]3[C@H]1C5. The van der Waals surface area contributed by atoms with Crippen molar-refractivity contribution in [3.8, 4) is 23.0 Å². The fraction of sp³-hybridized carbons (Fsp3) is 0.400. The number of hydrogen-bond acceptors (Lipinski definition) is 6. The predicted molar refractivity (Wildman–Crippen MR) is 117 cm³/mol. The molecular weight excluding hydrogens is 392 g/mol. The van der Waals surface area contributed by atoms with Crippen molar-refractivity contribution < 1.29 is 19.8 Å². The lowest BCUT2D eigenvalue weighted by Crippen LogP contribution is -2.66. The third-order valence-corrected chi connectivity index (χ3v) is 7.72. The normalized spacial score (nSPS) is 31.7. The monoisotopic (exact) mass is 418 g/mol. The Morgan fingerprint density at radius 3 is 2.90 bits per heavy atom. The number of hydrogen-bond donors (Lipinski definition) is 2. The van der Waals surface area contributed by atoms with Gasteiger partial charge in [-0.3, -0.25) is 4.90 Å². The Morgan fingerprint density at radius 2 is 2.10 bits per heavy atom. The highest BCUT2D eigenvalue weighted by molar-refractivity contribution is 5.93. The Hall–Kier alpha value is -2.99. The summed E-state index contributed by atoms with van der Waals surface area (Å²) in [5.74, 6) is 1.75. The van der Waals surface area contributed by atoms with E-state index in [0.717, 1.165) is 55.6 Å². The molecule has 0 aromatic heterocycles. The second-order valence-electron chi connectivity index (χ2n) is 9.07. The van der Waals surface area contributed by atoms with Gasteiger partial charge in [0, 0.05) is 35.2 Å². The molecule has 2 bridgehead atoms. The number of nitrogens with zero attached hydrogens (tertiary/aromatic N) is 2. The van der Waals surface area contributed by atoms with Crippen LogP contribution in [0.5, 0.6) is 23.0 Å². The molecule has 6 rings (SSSR count). The number of benzene rings is 2. The molecule has 6 heteroatoms. The maximum atomic E-state index is 10.7. The van der Waals surface area contributed by atoms with Gasteiger partial charge >= 0.3 is 0 Å². The number of rotatable bonds is 4. The molecule has 160 valence electrons. The van der Waals surface area contributed by atoms with Gasteiger partial charge < -0.3 is 19.8 Å². The zero-order valence-electron chi connectivity index (χ0n) is 17.3. The van der Waals surface area contributed by atoms with Gasteiger partial charge in [0.15, 0.2) is 23.4 Å². The van der Waals surface area contributed by atoms with Crippen molar-refractivity contribution in [2.24, 2.45) is 11.1 Å². The number of phenols is 2. The van der Waals surface area contributed by atoms with Crippen LogP contribution in [0.15, 0.2) is 54.2 Å². The average molecular weight is 418 g/mol. The topological polar surface area (TPSA) is 74.5 Å². The van der Waals surface area contributed by atoms with Gasteiger partial charge in [0.05, 0.1) is 5.71 Å². The lowest BCUT2D eigenvalue weighted by Gasteiger charge is -2.58. The molecule has 1 saturated heterocycles. The summed E-state index contributed by atoms with van der Waals surface area (Å²) in [7, 11) is 0. The molecule has 2 N–H and O–H groups in total. The maximum absolute atomic E-state index is 10.7. The molecule has 4 atom stereocenters. The van der Waals surface area contributed by atoms with E-state index in [0.29, 0.717) is 23.5 Å². The second kappa shape index (κ2) is 6.76. The second-order valence-corrected chi connectivity index (χ2v) is 9.07. The number of para-hydroxylation sites is 1. The summed E-state index contributed by atoms with van der Waals surface area (Å²) in [6, 6.07) is 11.3. The molecule has 31 heavy (non-hydrogen) atoms. The molecule has 2 aromatic carbocycles. The molecular formula is C25H26N2O4. The summed E-state index contributed by atoms with van der Waals surface area (Å²) in [5, 5.41) is 25.9. The number of ether oxygens (including phenoxy) is 1. The van der Waals surface area contributed by atoms with E-state index < -0.39 is 0 Å². The summed E-state index contributed by atoms with van der Waals surface area (Å²) < 4.78 is 6.45. The fourth-order valence-electron chi connectivity index (χ4n) is 6.57. The molecule has 0 amide bonds. The third kappa shape index (κ3) is 2.51. The van der Waals surface area contributed by atoms with E-state index in [9.17, 15) is 10.2 Å². The zero-order chi connectivity index (χ0) is 21.2. The van der Waals surface area contributed by atoms with Crippen LogP contribution < -0.4 is 9.57 Å². The molecule has 6 nitrogen and oxygen atoms in total. The molecule has 2 aromatic rings. The van der Waals surface area contributed by atoms with Crippen LogP contribution in [0.25, 0.3) is 0 Å². The first-order chi connectivity index (χ1) is 15.1. The summed E-state index contributed by atoms with van der Waals surface area (Å²) in [6.07, 6.45) is 5.09. The van der Waals surface area contributed by atoms with Gasteiger partial charge in [-0.25, -0.2) is 0 Å². The Bertz CT molecular complexity index is 1080. The van der Waals surface area contributed by atoms with E-state index >= 15 is 0 Å². The molecule has 1 saturated carbocycles. The largest absolute Gasteiger partial charge is 0.508 e. The molecule has 2 heterocycles. The van der Waals surface area contributed by atoms with Crippen molar-refractivity contribution in [1.82, 2.24) is 4.90 Å². The van der Waals surface area contributed by atoms with E-state index in [1.165, 1.54) is 6.07 Å². The first-order valence-electron chi connectivity index (χ1n) is 11.0. The van der Waals surface area contributed by atoms with E-state index in [1.54, 1.807) is 0 Å². The van der Waals surface area contributed by atoms with Crippen LogP contribution in [-0.2, 0) is 11.8 Å². The van der Waals surface area contributed by atoms with E-state index in [1.807, 2.05) is 36.4 Å². The van der Waals surface area contributed by atoms with Gasteiger partial charge in [-0.05, 0) is 50.3 Å². The molecule has 0 radical (unpaired) electrons. The molecule has 0 unspecified atom stereocenters. The Morgan fingerprint density at radius 1 is 1.26 bits per heavy atom. The lowest BCUT2D eigenvalue weighted by molar-refractivity contribution is -0.0150. The highest BCUT2D eigenvalue weighted by Gasteiger charge is 2.65. The average Bonchev–Trinajstić information content (AvgIpc) is 3.12. The highest BCUT2D eigenvalue weighted by atomic mass is 16.6. The Balaban J connectivity index is 1.47. The summed E-state index contributed by atoms with van der Waals surface area (Å²) in [5.41, 5.74) is 2.50. The summed E-state index contributed by atoms with van der Waals surface area (Å²) in [4.78, 5) is 8.24. The minimum Gasteiger partial charge on any atom is -0.508 e. The van der Waals surface area contributed by atoms with E-state index in [2.05, 4.69) is 16.6 Å². The van der Waals surface area contributed by atoms with Crippen molar-refractivity contribution in [3.05, 3.63) is 60.2 Å². The third-order valence-electron chi connectivity index (χ3n) is 7.72. The number of oxime groups is 1. The minimum atomic E-state index is -0.293. The van der Waals surface area contributed by atoms with Crippen molar-refractivity contribution >= 4 is 5.71 Å². The van der Waals surface area contributed by atoms with Gasteiger partial charge in [0.25, 0.3) is 0 Å². The van der Waals surface area contributed by atoms with Crippen LogP contribution in [0.1, 0.15) is 30.4 Å². The van der Waals surface area contributed by atoms with E-state index in [-0.39, 0.29) is 23.0 Å². The zero-order valence-corrected chi connectivity index (χ0v) is 17.3. The summed E-state index contributed by atoms with van der Waals surface area (Å²) in [6.45, 7) is 5.70. The van der Waals surface area contributed by atoms with Gasteiger partial charge in [0.1, 0.15) is 5.75 Å². The smallest absolute Gasteiger partial charge is 0.166 e. The van der Waals surface area contributed by atoms with Crippen LogP contribution in [0.3, 0.4) is 0 Å². The molecule has 2 aliphatic carbocycles. The fourth-order valence-corrected chi connectivity index (χ4v) is 6.57. The standard InChI is InChI=1S/C25H26N2O4/c1-2-11-27-12-10-25-17-8-9-18(26-31-15-6-4-3-5-7-15)24(25)30-23-21(29)14-20(28)16(22(23)25)13-19(17)27/h2-7,14,17,19,24,28-29H,1,8-13H2/t17-,19+,24-,25-/m0/s1. The lowest BCUT2D eigenvalue weighted by atomic mass is 9.51. The van der Waals surface area contributed by atoms with Crippen molar-refractivity contribution in [2.45, 2.75) is 43.2 Å².